The summed E-state index contributed by atoms with van der Waals surface area (Å²) >= 11 is 3.26. The lowest BCUT2D eigenvalue weighted by molar-refractivity contribution is -0.385. The van der Waals surface area contributed by atoms with Crippen LogP contribution < -0.4 is 5.32 Å². The van der Waals surface area contributed by atoms with E-state index in [0.29, 0.717) is 16.8 Å². The Kier molecular flexibility index (Phi) is 4.40. The molecule has 0 radical (unpaired) electrons. The number of hydrogen-bond donors (Lipinski definition) is 1. The molecule has 0 bridgehead atoms. The van der Waals surface area contributed by atoms with E-state index in [9.17, 15) is 10.1 Å². The molecule has 2 aromatic heterocycles. The first kappa shape index (κ1) is 13.4. The molecule has 0 saturated carbocycles. The third-order valence-corrected chi connectivity index (χ3v) is 3.10. The predicted octanol–water partition coefficient (Wildman–Crippen LogP) is 2.80. The summed E-state index contributed by atoms with van der Waals surface area (Å²) in [5.74, 6) is 0.597. The van der Waals surface area contributed by atoms with Gasteiger partial charge in [0.05, 0.1) is 9.40 Å². The predicted molar refractivity (Wildman–Crippen MR) is 75.0 cm³/mol. The van der Waals surface area contributed by atoms with Crippen molar-refractivity contribution in [2.45, 2.75) is 6.42 Å². The standard InChI is InChI=1S/C12H11BrN4O2/c13-11-7-10(17(18)19)8-16-12(11)15-6-3-9-1-4-14-5-2-9/h1-2,4-5,7-8H,3,6H2,(H,15,16). The SMILES string of the molecule is O=[N+]([O-])c1cnc(NCCc2ccncc2)c(Br)c1. The van der Waals surface area contributed by atoms with Gasteiger partial charge in [0.15, 0.2) is 0 Å². The molecule has 2 aromatic rings. The fourth-order valence-corrected chi connectivity index (χ4v) is 2.01. The van der Waals surface area contributed by atoms with E-state index in [-0.39, 0.29) is 5.69 Å². The molecule has 7 heteroatoms. The molecule has 0 spiro atoms. The minimum Gasteiger partial charge on any atom is -0.369 e. The van der Waals surface area contributed by atoms with Crippen LogP contribution in [-0.2, 0) is 6.42 Å². The normalized spacial score (nSPS) is 10.2. The van der Waals surface area contributed by atoms with Gasteiger partial charge in [0.1, 0.15) is 12.0 Å². The van der Waals surface area contributed by atoms with Crippen LogP contribution in [0.3, 0.4) is 0 Å². The van der Waals surface area contributed by atoms with E-state index >= 15 is 0 Å². The molecule has 98 valence electrons. The minimum atomic E-state index is -0.474. The Balaban J connectivity index is 1.95. The van der Waals surface area contributed by atoms with Gasteiger partial charge in [0.25, 0.3) is 5.69 Å². The molecule has 19 heavy (non-hydrogen) atoms. The van der Waals surface area contributed by atoms with E-state index in [1.54, 1.807) is 12.4 Å². The Hall–Kier alpha value is -2.02. The van der Waals surface area contributed by atoms with Crippen LogP contribution in [0.2, 0.25) is 0 Å². The van der Waals surface area contributed by atoms with Crippen LogP contribution in [0.1, 0.15) is 5.56 Å². The third kappa shape index (κ3) is 3.72. The molecular formula is C12H11BrN4O2. The highest BCUT2D eigenvalue weighted by atomic mass is 79.9. The van der Waals surface area contributed by atoms with E-state index in [4.69, 9.17) is 0 Å². The van der Waals surface area contributed by atoms with Crippen LogP contribution in [0.5, 0.6) is 0 Å². The average Bonchev–Trinajstić information content (AvgIpc) is 2.41. The lowest BCUT2D eigenvalue weighted by Crippen LogP contribution is -2.07. The van der Waals surface area contributed by atoms with E-state index in [1.165, 1.54) is 17.8 Å². The minimum absolute atomic E-state index is 0.0356. The Labute approximate surface area is 118 Å². The van der Waals surface area contributed by atoms with E-state index in [1.807, 2.05) is 12.1 Å². The van der Waals surface area contributed by atoms with Crippen molar-refractivity contribution in [3.05, 3.63) is 56.9 Å². The molecule has 0 aliphatic carbocycles. The van der Waals surface area contributed by atoms with Gasteiger partial charge in [-0.3, -0.25) is 15.1 Å². The maximum Gasteiger partial charge on any atom is 0.288 e. The van der Waals surface area contributed by atoms with Crippen molar-refractivity contribution in [1.29, 1.82) is 0 Å². The molecule has 1 N–H and O–H groups in total. The van der Waals surface area contributed by atoms with Gasteiger partial charge in [-0.15, -0.1) is 0 Å². The van der Waals surface area contributed by atoms with Crippen LogP contribution in [0.25, 0.3) is 0 Å². The summed E-state index contributed by atoms with van der Waals surface area (Å²) in [6, 6.07) is 5.32. The quantitative estimate of drug-likeness (QED) is 0.676. The third-order valence-electron chi connectivity index (χ3n) is 2.49. The average molecular weight is 323 g/mol. The van der Waals surface area contributed by atoms with Crippen LogP contribution >= 0.6 is 15.9 Å². The summed E-state index contributed by atoms with van der Waals surface area (Å²) in [7, 11) is 0. The fourth-order valence-electron chi connectivity index (χ4n) is 1.53. The van der Waals surface area contributed by atoms with E-state index < -0.39 is 4.92 Å². The fraction of sp³-hybridized carbons (Fsp3) is 0.167. The van der Waals surface area contributed by atoms with Crippen molar-refractivity contribution >= 4 is 27.4 Å². The van der Waals surface area contributed by atoms with Crippen molar-refractivity contribution in [3.63, 3.8) is 0 Å². The summed E-state index contributed by atoms with van der Waals surface area (Å²) in [4.78, 5) is 18.1. The lowest BCUT2D eigenvalue weighted by atomic mass is 10.2. The summed E-state index contributed by atoms with van der Waals surface area (Å²) in [5, 5.41) is 13.7. The highest BCUT2D eigenvalue weighted by Crippen LogP contribution is 2.24. The summed E-state index contributed by atoms with van der Waals surface area (Å²) in [6.07, 6.45) is 5.55. The van der Waals surface area contributed by atoms with Gasteiger partial charge in [-0.05, 0) is 40.0 Å². The molecule has 0 amide bonds. The van der Waals surface area contributed by atoms with Gasteiger partial charge in [-0.1, -0.05) is 0 Å². The number of nitrogens with zero attached hydrogens (tertiary/aromatic N) is 3. The van der Waals surface area contributed by atoms with Crippen LogP contribution in [0.15, 0.2) is 41.3 Å². The molecule has 0 fully saturated rings. The second-order valence-corrected chi connectivity index (χ2v) is 4.67. The monoisotopic (exact) mass is 322 g/mol. The number of rotatable bonds is 5. The number of aromatic nitrogens is 2. The van der Waals surface area contributed by atoms with Crippen LogP contribution in [0, 0.1) is 10.1 Å². The zero-order valence-corrected chi connectivity index (χ0v) is 11.5. The molecule has 2 heterocycles. The van der Waals surface area contributed by atoms with Crippen molar-refractivity contribution < 1.29 is 4.92 Å². The topological polar surface area (TPSA) is 81.0 Å². The number of anilines is 1. The Morgan fingerprint density at radius 1 is 1.37 bits per heavy atom. The summed E-state index contributed by atoms with van der Waals surface area (Å²) in [5.41, 5.74) is 1.13. The van der Waals surface area contributed by atoms with Crippen molar-refractivity contribution in [3.8, 4) is 0 Å². The number of pyridine rings is 2. The second kappa shape index (κ2) is 6.24. The van der Waals surface area contributed by atoms with E-state index in [0.717, 1.165) is 6.42 Å². The zero-order valence-electron chi connectivity index (χ0n) is 9.91. The van der Waals surface area contributed by atoms with E-state index in [2.05, 4.69) is 31.2 Å². The highest BCUT2D eigenvalue weighted by molar-refractivity contribution is 9.10. The molecule has 0 atom stereocenters. The van der Waals surface area contributed by atoms with Crippen molar-refractivity contribution in [1.82, 2.24) is 9.97 Å². The molecular weight excluding hydrogens is 312 g/mol. The van der Waals surface area contributed by atoms with Gasteiger partial charge in [-0.25, -0.2) is 4.98 Å². The highest BCUT2D eigenvalue weighted by Gasteiger charge is 2.09. The molecule has 0 aliphatic heterocycles. The Morgan fingerprint density at radius 2 is 2.11 bits per heavy atom. The van der Waals surface area contributed by atoms with Gasteiger partial charge < -0.3 is 5.32 Å². The summed E-state index contributed by atoms with van der Waals surface area (Å²) < 4.78 is 0.580. The molecule has 0 unspecified atom stereocenters. The first-order valence-corrected chi connectivity index (χ1v) is 6.39. The van der Waals surface area contributed by atoms with Crippen molar-refractivity contribution in [2.24, 2.45) is 0 Å². The molecule has 0 aliphatic rings. The zero-order chi connectivity index (χ0) is 13.7. The Bertz CT molecular complexity index is 577. The molecule has 6 nitrogen and oxygen atoms in total. The van der Waals surface area contributed by atoms with Gasteiger partial charge >= 0.3 is 0 Å². The largest absolute Gasteiger partial charge is 0.369 e. The lowest BCUT2D eigenvalue weighted by Gasteiger charge is -2.07. The maximum absolute atomic E-state index is 10.6. The van der Waals surface area contributed by atoms with Gasteiger partial charge in [-0.2, -0.15) is 0 Å². The number of nitrogens with one attached hydrogen (secondary N) is 1. The van der Waals surface area contributed by atoms with Gasteiger partial charge in [0, 0.05) is 25.0 Å². The molecule has 0 aromatic carbocycles. The van der Waals surface area contributed by atoms with Crippen LogP contribution in [0.4, 0.5) is 11.5 Å². The number of halogens is 1. The molecule has 0 saturated heterocycles. The van der Waals surface area contributed by atoms with Gasteiger partial charge in [0.2, 0.25) is 0 Å². The summed E-state index contributed by atoms with van der Waals surface area (Å²) in [6.45, 7) is 0.688. The first-order valence-electron chi connectivity index (χ1n) is 5.59. The Morgan fingerprint density at radius 3 is 2.74 bits per heavy atom. The maximum atomic E-state index is 10.6. The second-order valence-electron chi connectivity index (χ2n) is 3.81. The molecule has 2 rings (SSSR count). The van der Waals surface area contributed by atoms with Crippen molar-refractivity contribution in [2.75, 3.05) is 11.9 Å². The number of nitro groups is 1. The smallest absolute Gasteiger partial charge is 0.288 e. The first-order chi connectivity index (χ1) is 9.16. The van der Waals surface area contributed by atoms with Crippen LogP contribution in [-0.4, -0.2) is 21.4 Å². The number of hydrogen-bond acceptors (Lipinski definition) is 5.